The highest BCUT2D eigenvalue weighted by Gasteiger charge is 2.19. The molecule has 1 heterocycles. The van der Waals surface area contributed by atoms with Crippen LogP contribution in [0.3, 0.4) is 0 Å². The van der Waals surface area contributed by atoms with E-state index in [-0.39, 0.29) is 10.8 Å². The van der Waals surface area contributed by atoms with Gasteiger partial charge >= 0.3 is 0 Å². The molecule has 0 saturated carbocycles. The van der Waals surface area contributed by atoms with Crippen molar-refractivity contribution in [1.82, 2.24) is 4.98 Å². The molecule has 1 aromatic heterocycles. The highest BCUT2D eigenvalue weighted by molar-refractivity contribution is 7.89. The van der Waals surface area contributed by atoms with Gasteiger partial charge in [-0.15, -0.1) is 0 Å². The van der Waals surface area contributed by atoms with Crippen LogP contribution in [0.2, 0.25) is 0 Å². The van der Waals surface area contributed by atoms with E-state index in [0.29, 0.717) is 39.6 Å². The van der Waals surface area contributed by atoms with Gasteiger partial charge in [-0.25, -0.2) is 18.5 Å². The smallest absolute Gasteiger partial charge is 0.256 e. The van der Waals surface area contributed by atoms with E-state index in [0.717, 1.165) is 0 Å². The number of sulfonamides is 1. The normalized spacial score (nSPS) is 11.1. The molecule has 0 bridgehead atoms. The van der Waals surface area contributed by atoms with Crippen LogP contribution in [0.5, 0.6) is 11.5 Å². The molecule has 0 spiro atoms. The molecule has 3 aromatic carbocycles. The molecule has 3 N–H and O–H groups in total. The van der Waals surface area contributed by atoms with Gasteiger partial charge in [-0.3, -0.25) is 4.79 Å². The fourth-order valence-corrected chi connectivity index (χ4v) is 3.83. The third kappa shape index (κ3) is 4.77. The molecule has 174 valence electrons. The molecule has 0 radical (unpaired) electrons. The van der Waals surface area contributed by atoms with E-state index < -0.39 is 15.9 Å². The average molecular weight is 480 g/mol. The number of aromatic nitrogens is 1. The number of carbonyl (C=O) groups excluding carboxylic acids is 1. The summed E-state index contributed by atoms with van der Waals surface area (Å²) in [7, 11) is -0.709. The van der Waals surface area contributed by atoms with Crippen molar-refractivity contribution in [2.24, 2.45) is 5.14 Å². The Hall–Kier alpha value is -4.15. The predicted octanol–water partition coefficient (Wildman–Crippen LogP) is 3.93. The number of amides is 1. The number of hydrogen-bond donors (Lipinski definition) is 2. The van der Waals surface area contributed by atoms with Gasteiger partial charge in [0.15, 0.2) is 5.76 Å². The fourth-order valence-electron chi connectivity index (χ4n) is 3.32. The summed E-state index contributed by atoms with van der Waals surface area (Å²) in [6.07, 6.45) is 1.56. The van der Waals surface area contributed by atoms with Crippen molar-refractivity contribution >= 4 is 21.6 Å². The van der Waals surface area contributed by atoms with Gasteiger partial charge in [-0.2, -0.15) is 0 Å². The first-order valence-corrected chi connectivity index (χ1v) is 11.6. The summed E-state index contributed by atoms with van der Waals surface area (Å²) in [5, 5.41) is 7.85. The van der Waals surface area contributed by atoms with Crippen LogP contribution in [0.4, 0.5) is 5.69 Å². The number of nitrogens with one attached hydrogen (secondary N) is 1. The van der Waals surface area contributed by atoms with Crippen molar-refractivity contribution in [2.45, 2.75) is 4.90 Å². The quantitative estimate of drug-likeness (QED) is 0.410. The number of rotatable bonds is 7. The van der Waals surface area contributed by atoms with Crippen LogP contribution in [0.25, 0.3) is 22.8 Å². The van der Waals surface area contributed by atoms with E-state index in [9.17, 15) is 13.2 Å². The third-order valence-corrected chi connectivity index (χ3v) is 5.95. The lowest BCUT2D eigenvalue weighted by Crippen LogP contribution is -2.14. The van der Waals surface area contributed by atoms with Gasteiger partial charge in [0.25, 0.3) is 5.91 Å². The van der Waals surface area contributed by atoms with E-state index in [1.165, 1.54) is 24.3 Å². The molecule has 0 fully saturated rings. The van der Waals surface area contributed by atoms with Crippen molar-refractivity contribution in [1.29, 1.82) is 0 Å². The van der Waals surface area contributed by atoms with E-state index in [4.69, 9.17) is 19.0 Å². The largest absolute Gasteiger partial charge is 0.497 e. The predicted molar refractivity (Wildman–Crippen MR) is 126 cm³/mol. The molecule has 9 nitrogen and oxygen atoms in total. The molecule has 0 aliphatic rings. The maximum Gasteiger partial charge on any atom is 0.256 e. The Morgan fingerprint density at radius 1 is 0.971 bits per heavy atom. The summed E-state index contributed by atoms with van der Waals surface area (Å²) in [6, 6.07) is 17.7. The molecule has 0 unspecified atom stereocenters. The first kappa shape index (κ1) is 23.0. The third-order valence-electron chi connectivity index (χ3n) is 5.02. The Morgan fingerprint density at radius 2 is 1.71 bits per heavy atom. The molecular formula is C24H21N3O6S. The van der Waals surface area contributed by atoms with E-state index in [1.54, 1.807) is 62.9 Å². The standard InChI is InChI=1S/C24H21N3O6S/c1-31-16-9-12-20(21(13-16)32-2)22-14-26-24(33-22)19-6-4-3-5-18(19)23(28)27-15-7-10-17(11-8-15)34(25,29)30/h3-14H,1-2H3,(H,27,28)(H2,25,29,30). The number of hydrogen-bond acceptors (Lipinski definition) is 7. The zero-order valence-corrected chi connectivity index (χ0v) is 19.1. The first-order chi connectivity index (χ1) is 16.3. The minimum atomic E-state index is -3.82. The molecular weight excluding hydrogens is 458 g/mol. The number of primary sulfonamides is 1. The van der Waals surface area contributed by atoms with E-state index in [1.807, 2.05) is 0 Å². The molecule has 10 heteroatoms. The number of nitrogens with two attached hydrogens (primary N) is 1. The minimum absolute atomic E-state index is 0.0489. The van der Waals surface area contributed by atoms with Crippen LogP contribution < -0.4 is 19.9 Å². The minimum Gasteiger partial charge on any atom is -0.497 e. The van der Waals surface area contributed by atoms with Crippen molar-refractivity contribution < 1.29 is 27.1 Å². The fraction of sp³-hybridized carbons (Fsp3) is 0.0833. The number of anilines is 1. The Kier molecular flexibility index (Phi) is 6.35. The number of ether oxygens (including phenoxy) is 2. The van der Waals surface area contributed by atoms with Crippen molar-refractivity contribution in [3.63, 3.8) is 0 Å². The molecule has 0 atom stereocenters. The van der Waals surface area contributed by atoms with Gasteiger partial charge in [-0.1, -0.05) is 12.1 Å². The van der Waals surface area contributed by atoms with Crippen LogP contribution in [-0.4, -0.2) is 33.5 Å². The van der Waals surface area contributed by atoms with Crippen LogP contribution in [0.1, 0.15) is 10.4 Å². The van der Waals surface area contributed by atoms with E-state index >= 15 is 0 Å². The molecule has 0 aliphatic heterocycles. The average Bonchev–Trinajstić information content (AvgIpc) is 3.33. The SMILES string of the molecule is COc1ccc(-c2cnc(-c3ccccc3C(=O)Nc3ccc(S(N)(=O)=O)cc3)o2)c(OC)c1. The van der Waals surface area contributed by atoms with Crippen molar-refractivity contribution in [3.8, 4) is 34.3 Å². The Bertz CT molecular complexity index is 1450. The summed E-state index contributed by atoms with van der Waals surface area (Å²) >= 11 is 0. The van der Waals surface area contributed by atoms with Crippen LogP contribution in [-0.2, 0) is 10.0 Å². The number of carbonyl (C=O) groups is 1. The lowest BCUT2D eigenvalue weighted by Gasteiger charge is -2.09. The molecule has 0 saturated heterocycles. The zero-order chi connectivity index (χ0) is 24.3. The van der Waals surface area contributed by atoms with E-state index in [2.05, 4.69) is 10.3 Å². The first-order valence-electron chi connectivity index (χ1n) is 10.0. The second-order valence-electron chi connectivity index (χ2n) is 7.16. The molecule has 4 aromatic rings. The molecule has 0 aliphatic carbocycles. The summed E-state index contributed by atoms with van der Waals surface area (Å²) in [5.74, 6) is 1.49. The molecule has 4 rings (SSSR count). The maximum absolute atomic E-state index is 13.0. The second kappa shape index (κ2) is 9.38. The number of benzene rings is 3. The van der Waals surface area contributed by atoms with Crippen LogP contribution in [0.15, 0.2) is 82.2 Å². The molecule has 1 amide bonds. The summed E-state index contributed by atoms with van der Waals surface area (Å²) < 4.78 is 39.5. The number of methoxy groups -OCH3 is 2. The van der Waals surface area contributed by atoms with Crippen molar-refractivity contribution in [3.05, 3.63) is 78.5 Å². The Labute approximate surface area is 196 Å². The topological polar surface area (TPSA) is 134 Å². The highest BCUT2D eigenvalue weighted by Crippen LogP contribution is 2.35. The number of nitrogens with zero attached hydrogens (tertiary/aromatic N) is 1. The molecule has 34 heavy (non-hydrogen) atoms. The second-order valence-corrected chi connectivity index (χ2v) is 8.73. The number of oxazole rings is 1. The van der Waals surface area contributed by atoms with Crippen LogP contribution in [0, 0.1) is 0 Å². The Balaban J connectivity index is 1.62. The lowest BCUT2D eigenvalue weighted by molar-refractivity contribution is 0.102. The maximum atomic E-state index is 13.0. The zero-order valence-electron chi connectivity index (χ0n) is 18.3. The Morgan fingerprint density at radius 3 is 2.38 bits per heavy atom. The summed E-state index contributed by atoms with van der Waals surface area (Å²) in [6.45, 7) is 0. The monoisotopic (exact) mass is 479 g/mol. The summed E-state index contributed by atoms with van der Waals surface area (Å²) in [5.41, 5.74) is 1.90. The van der Waals surface area contributed by atoms with Gasteiger partial charge < -0.3 is 19.2 Å². The van der Waals surface area contributed by atoms with Crippen molar-refractivity contribution in [2.75, 3.05) is 19.5 Å². The lowest BCUT2D eigenvalue weighted by atomic mass is 10.1. The van der Waals surface area contributed by atoms with Gasteiger partial charge in [0.2, 0.25) is 15.9 Å². The van der Waals surface area contributed by atoms with Gasteiger partial charge in [0, 0.05) is 17.3 Å². The highest BCUT2D eigenvalue weighted by atomic mass is 32.2. The van der Waals surface area contributed by atoms with Gasteiger partial charge in [0.05, 0.1) is 36.4 Å². The van der Waals surface area contributed by atoms with Crippen LogP contribution >= 0.6 is 0 Å². The van der Waals surface area contributed by atoms with Gasteiger partial charge in [0.1, 0.15) is 11.5 Å². The summed E-state index contributed by atoms with van der Waals surface area (Å²) in [4.78, 5) is 17.3. The van der Waals surface area contributed by atoms with Gasteiger partial charge in [-0.05, 0) is 48.5 Å².